The van der Waals surface area contributed by atoms with E-state index in [1.165, 1.54) is 0 Å². The first-order chi connectivity index (χ1) is 7.02. The normalized spacial score (nSPS) is 10.1. The number of methoxy groups -OCH3 is 1. The van der Waals surface area contributed by atoms with Crippen molar-refractivity contribution in [2.45, 2.75) is 0 Å². The molecule has 6 heteroatoms. The van der Waals surface area contributed by atoms with Gasteiger partial charge in [-0.05, 0) is 0 Å². The summed E-state index contributed by atoms with van der Waals surface area (Å²) < 4.78 is 30.6. The Labute approximate surface area is 84.3 Å². The molecule has 0 saturated heterocycles. The van der Waals surface area contributed by atoms with Crippen molar-refractivity contribution in [2.75, 3.05) is 13.7 Å². The van der Waals surface area contributed by atoms with Crippen LogP contribution < -0.4 is 10.5 Å². The number of ether oxygens (including phenoxy) is 1. The largest absolute Gasteiger partial charge is 0.504 e. The van der Waals surface area contributed by atoms with Gasteiger partial charge in [-0.3, -0.25) is 4.79 Å². The van der Waals surface area contributed by atoms with E-state index in [4.69, 9.17) is 5.73 Å². The summed E-state index contributed by atoms with van der Waals surface area (Å²) in [5.41, 5.74) is 4.35. The molecule has 1 aromatic rings. The van der Waals surface area contributed by atoms with E-state index in [0.29, 0.717) is 6.07 Å². The molecule has 0 aliphatic heterocycles. The van der Waals surface area contributed by atoms with Crippen LogP contribution in [0.25, 0.3) is 0 Å². The second kappa shape index (κ2) is 4.22. The Kier molecular flexibility index (Phi) is 3.21. The number of halogens is 2. The fraction of sp³-hybridized carbons (Fsp3) is 0.222. The zero-order valence-corrected chi connectivity index (χ0v) is 7.88. The highest BCUT2D eigenvalue weighted by molar-refractivity contribution is 6.00. The average Bonchev–Trinajstić information content (AvgIpc) is 2.17. The number of phenols is 1. The van der Waals surface area contributed by atoms with Gasteiger partial charge in [-0.15, -0.1) is 0 Å². The number of phenolic OH excluding ortho intramolecular Hbond substituents is 1. The maximum absolute atomic E-state index is 13.1. The van der Waals surface area contributed by atoms with Gasteiger partial charge in [0, 0.05) is 6.07 Å². The number of hydrogen-bond acceptors (Lipinski definition) is 4. The van der Waals surface area contributed by atoms with E-state index < -0.39 is 41.0 Å². The number of carbonyl (C=O) groups excluding carboxylic acids is 1. The van der Waals surface area contributed by atoms with Crippen molar-refractivity contribution >= 4 is 5.78 Å². The maximum Gasteiger partial charge on any atom is 0.197 e. The van der Waals surface area contributed by atoms with Crippen LogP contribution in [-0.4, -0.2) is 24.5 Å². The van der Waals surface area contributed by atoms with Crippen LogP contribution in [0.5, 0.6) is 11.5 Å². The maximum atomic E-state index is 13.1. The molecule has 1 rings (SSSR count). The van der Waals surface area contributed by atoms with E-state index in [1.807, 2.05) is 0 Å². The highest BCUT2D eigenvalue weighted by Gasteiger charge is 2.22. The van der Waals surface area contributed by atoms with Crippen molar-refractivity contribution in [3.63, 3.8) is 0 Å². The molecule has 0 spiro atoms. The molecule has 0 aliphatic rings. The van der Waals surface area contributed by atoms with E-state index >= 15 is 0 Å². The van der Waals surface area contributed by atoms with Gasteiger partial charge in [0.1, 0.15) is 11.4 Å². The lowest BCUT2D eigenvalue weighted by molar-refractivity contribution is 0.0994. The molecular formula is C9H9F2NO3. The van der Waals surface area contributed by atoms with E-state index in [9.17, 15) is 18.7 Å². The van der Waals surface area contributed by atoms with Gasteiger partial charge in [0.15, 0.2) is 23.1 Å². The van der Waals surface area contributed by atoms with Crippen LogP contribution in [0, 0.1) is 11.6 Å². The SMILES string of the molecule is COc1c(F)cc(F)c(C(=O)CN)c1O. The number of rotatable bonds is 3. The Morgan fingerprint density at radius 2 is 2.13 bits per heavy atom. The molecule has 0 radical (unpaired) electrons. The van der Waals surface area contributed by atoms with E-state index in [-0.39, 0.29) is 0 Å². The minimum absolute atomic E-state index is 0.460. The molecule has 3 N–H and O–H groups in total. The van der Waals surface area contributed by atoms with E-state index in [1.54, 1.807) is 0 Å². The molecule has 4 nitrogen and oxygen atoms in total. The summed E-state index contributed by atoms with van der Waals surface area (Å²) in [6, 6.07) is 0.460. The molecule has 0 bridgehead atoms. The number of ketones is 1. The molecular weight excluding hydrogens is 208 g/mol. The number of benzene rings is 1. The monoisotopic (exact) mass is 217 g/mol. The van der Waals surface area contributed by atoms with Crippen LogP contribution in [0.1, 0.15) is 10.4 Å². The third-order valence-corrected chi connectivity index (χ3v) is 1.83. The van der Waals surface area contributed by atoms with Gasteiger partial charge in [0.25, 0.3) is 0 Å². The van der Waals surface area contributed by atoms with Gasteiger partial charge in [0.2, 0.25) is 0 Å². The second-order valence-electron chi connectivity index (χ2n) is 2.72. The molecule has 0 aromatic heterocycles. The predicted molar refractivity (Wildman–Crippen MR) is 48.0 cm³/mol. The number of hydrogen-bond donors (Lipinski definition) is 2. The summed E-state index contributed by atoms with van der Waals surface area (Å²) in [7, 11) is 1.09. The molecule has 1 aromatic carbocycles. The van der Waals surface area contributed by atoms with Crippen molar-refractivity contribution in [1.29, 1.82) is 0 Å². The van der Waals surface area contributed by atoms with Crippen molar-refractivity contribution in [3.05, 3.63) is 23.3 Å². The van der Waals surface area contributed by atoms with E-state index in [2.05, 4.69) is 4.74 Å². The lowest BCUT2D eigenvalue weighted by Gasteiger charge is -2.09. The lowest BCUT2D eigenvalue weighted by atomic mass is 10.1. The Morgan fingerprint density at radius 1 is 1.53 bits per heavy atom. The molecule has 0 aliphatic carbocycles. The number of Topliss-reactive ketones (excluding diaryl/α,β-unsaturated/α-hetero) is 1. The summed E-state index contributed by atoms with van der Waals surface area (Å²) in [4.78, 5) is 11.1. The summed E-state index contributed by atoms with van der Waals surface area (Å²) in [6.45, 7) is -0.487. The standard InChI is InChI=1S/C9H9F2NO3/c1-15-9-5(11)2-4(10)7(8(9)14)6(13)3-12/h2,14H,3,12H2,1H3. The molecule has 0 atom stereocenters. The van der Waals surface area contributed by atoms with Crippen molar-refractivity contribution in [1.82, 2.24) is 0 Å². The van der Waals surface area contributed by atoms with Gasteiger partial charge in [-0.25, -0.2) is 8.78 Å². The number of carbonyl (C=O) groups is 1. The van der Waals surface area contributed by atoms with Crippen LogP contribution in [0.4, 0.5) is 8.78 Å². The Balaban J connectivity index is 3.45. The van der Waals surface area contributed by atoms with Gasteiger partial charge in [-0.1, -0.05) is 0 Å². The van der Waals surface area contributed by atoms with Crippen LogP contribution >= 0.6 is 0 Å². The number of aromatic hydroxyl groups is 1. The molecule has 0 unspecified atom stereocenters. The van der Waals surface area contributed by atoms with Gasteiger partial charge >= 0.3 is 0 Å². The van der Waals surface area contributed by atoms with Crippen LogP contribution in [-0.2, 0) is 0 Å². The fourth-order valence-corrected chi connectivity index (χ4v) is 1.15. The molecule has 0 heterocycles. The molecule has 0 fully saturated rings. The zero-order chi connectivity index (χ0) is 11.6. The average molecular weight is 217 g/mol. The Bertz CT molecular complexity index is 407. The number of nitrogens with two attached hydrogens (primary N) is 1. The first kappa shape index (κ1) is 11.4. The first-order valence-electron chi connectivity index (χ1n) is 4.01. The highest BCUT2D eigenvalue weighted by Crippen LogP contribution is 2.34. The second-order valence-corrected chi connectivity index (χ2v) is 2.72. The smallest absolute Gasteiger partial charge is 0.197 e. The molecule has 0 saturated carbocycles. The van der Waals surface area contributed by atoms with E-state index in [0.717, 1.165) is 7.11 Å². The third-order valence-electron chi connectivity index (χ3n) is 1.83. The zero-order valence-electron chi connectivity index (χ0n) is 7.88. The van der Waals surface area contributed by atoms with Gasteiger partial charge in [-0.2, -0.15) is 0 Å². The van der Waals surface area contributed by atoms with Crippen LogP contribution in [0.2, 0.25) is 0 Å². The third kappa shape index (κ3) is 1.89. The predicted octanol–water partition coefficient (Wildman–Crippen LogP) is 0.820. The Hall–Kier alpha value is -1.69. The lowest BCUT2D eigenvalue weighted by Crippen LogP contribution is -2.16. The van der Waals surface area contributed by atoms with Crippen LogP contribution in [0.15, 0.2) is 6.07 Å². The highest BCUT2D eigenvalue weighted by atomic mass is 19.1. The quantitative estimate of drug-likeness (QED) is 0.735. The molecule has 82 valence electrons. The first-order valence-corrected chi connectivity index (χ1v) is 4.01. The summed E-state index contributed by atoms with van der Waals surface area (Å²) in [6.07, 6.45) is 0. The minimum Gasteiger partial charge on any atom is -0.504 e. The minimum atomic E-state index is -1.17. The molecule has 15 heavy (non-hydrogen) atoms. The van der Waals surface area contributed by atoms with Crippen molar-refractivity contribution in [2.24, 2.45) is 5.73 Å². The van der Waals surface area contributed by atoms with Crippen LogP contribution in [0.3, 0.4) is 0 Å². The topological polar surface area (TPSA) is 72.5 Å². The summed E-state index contributed by atoms with van der Waals surface area (Å²) >= 11 is 0. The summed E-state index contributed by atoms with van der Waals surface area (Å²) in [5, 5.41) is 9.37. The molecule has 0 amide bonds. The fourth-order valence-electron chi connectivity index (χ4n) is 1.15. The van der Waals surface area contributed by atoms with Gasteiger partial charge < -0.3 is 15.6 Å². The van der Waals surface area contributed by atoms with Crippen molar-refractivity contribution < 1.29 is 23.4 Å². The Morgan fingerprint density at radius 3 is 2.60 bits per heavy atom. The summed E-state index contributed by atoms with van der Waals surface area (Å²) in [5.74, 6) is -4.52. The van der Waals surface area contributed by atoms with Crippen molar-refractivity contribution in [3.8, 4) is 11.5 Å². The van der Waals surface area contributed by atoms with Gasteiger partial charge in [0.05, 0.1) is 13.7 Å².